The van der Waals surface area contributed by atoms with Gasteiger partial charge in [0.1, 0.15) is 12.7 Å². The Balaban J connectivity index is 1.45. The van der Waals surface area contributed by atoms with Crippen molar-refractivity contribution in [2.24, 2.45) is 0 Å². The zero-order valence-corrected chi connectivity index (χ0v) is 32.7. The molecule has 0 spiro atoms. The third-order valence-corrected chi connectivity index (χ3v) is 10.9. The quantitative estimate of drug-likeness (QED) is 0.0640. The van der Waals surface area contributed by atoms with Crippen molar-refractivity contribution in [2.75, 3.05) is 6.61 Å². The maximum Gasteiger partial charge on any atom is 0.339 e. The van der Waals surface area contributed by atoms with Gasteiger partial charge in [-0.3, -0.25) is 0 Å². The molecule has 16 N–H and O–H groups in total. The van der Waals surface area contributed by atoms with E-state index in [-0.39, 0.29) is 0 Å². The fourth-order valence-electron chi connectivity index (χ4n) is 7.71. The lowest BCUT2D eigenvalue weighted by molar-refractivity contribution is -0.154. The van der Waals surface area contributed by atoms with E-state index in [1.807, 2.05) is 0 Å². The van der Waals surface area contributed by atoms with Crippen LogP contribution >= 0.6 is 0 Å². The Kier molecular flexibility index (Phi) is 10.1. The third-order valence-electron chi connectivity index (χ3n) is 10.9. The van der Waals surface area contributed by atoms with Gasteiger partial charge in [-0.15, -0.1) is 0 Å². The summed E-state index contributed by atoms with van der Waals surface area (Å²) in [6, 6.07) is 1.94. The Morgan fingerprint density at radius 3 is 1.04 bits per heavy atom. The largest absolute Gasteiger partial charge is 0.504 e. The Hall–Kier alpha value is -9.59. The van der Waals surface area contributed by atoms with Gasteiger partial charge in [0.25, 0.3) is 0 Å². The Morgan fingerprint density at radius 2 is 0.642 bits per heavy atom. The molecule has 0 bridgehead atoms. The van der Waals surface area contributed by atoms with E-state index in [1.54, 1.807) is 0 Å². The molecule has 0 unspecified atom stereocenters. The molecule has 0 aliphatic carbocycles. The van der Waals surface area contributed by atoms with E-state index in [9.17, 15) is 106 Å². The smallest absolute Gasteiger partial charge is 0.339 e. The van der Waals surface area contributed by atoms with Crippen LogP contribution in [-0.4, -0.2) is 143 Å². The van der Waals surface area contributed by atoms with Gasteiger partial charge < -0.3 is 105 Å². The van der Waals surface area contributed by atoms with Crippen LogP contribution in [0.2, 0.25) is 0 Å². The second-order valence-electron chi connectivity index (χ2n) is 14.7. The molecule has 0 amide bonds. The van der Waals surface area contributed by atoms with Gasteiger partial charge in [0.15, 0.2) is 81.9 Å². The summed E-state index contributed by atoms with van der Waals surface area (Å²) in [5, 5.41) is 172. The first kappa shape index (κ1) is 44.0. The molecular formula is C41H28O26. The molecule has 5 aromatic carbocycles. The summed E-state index contributed by atoms with van der Waals surface area (Å²) in [6.07, 6.45) is -13.5. The van der Waals surface area contributed by atoms with Crippen LogP contribution in [0.25, 0.3) is 22.3 Å². The van der Waals surface area contributed by atoms with E-state index in [4.69, 9.17) is 23.7 Å². The normalized spacial score (nSPS) is 20.3. The van der Waals surface area contributed by atoms with Gasteiger partial charge in [-0.2, -0.15) is 0 Å². The average molecular weight is 937 g/mol. The predicted octanol–water partition coefficient (Wildman–Crippen LogP) is 1.34. The van der Waals surface area contributed by atoms with Crippen molar-refractivity contribution in [3.8, 4) is 108 Å². The molecule has 5 aromatic rings. The van der Waals surface area contributed by atoms with E-state index in [1.165, 1.54) is 0 Å². The lowest BCUT2D eigenvalue weighted by Gasteiger charge is -2.39. The zero-order chi connectivity index (χ0) is 49.0. The van der Waals surface area contributed by atoms with Crippen molar-refractivity contribution in [1.29, 1.82) is 0 Å². The maximum absolute atomic E-state index is 14.6. The molecule has 26 heteroatoms. The van der Waals surface area contributed by atoms with E-state index in [0.29, 0.717) is 30.3 Å². The molecule has 67 heavy (non-hydrogen) atoms. The van der Waals surface area contributed by atoms with Crippen LogP contribution < -0.4 is 0 Å². The third kappa shape index (κ3) is 6.57. The highest BCUT2D eigenvalue weighted by Crippen LogP contribution is 2.56. The zero-order valence-electron chi connectivity index (χ0n) is 32.7. The number of esters is 5. The summed E-state index contributed by atoms with van der Waals surface area (Å²) in [7, 11) is 0. The molecule has 26 nitrogen and oxygen atoms in total. The van der Waals surface area contributed by atoms with Gasteiger partial charge in [0.05, 0.1) is 27.8 Å². The molecule has 3 heterocycles. The number of phenolic OH excluding ortho intramolecular Hbond substituents is 15. The van der Waals surface area contributed by atoms with E-state index < -0.39 is 209 Å². The monoisotopic (exact) mass is 936 g/mol. The van der Waals surface area contributed by atoms with Crippen LogP contribution in [0.5, 0.6) is 86.2 Å². The van der Waals surface area contributed by atoms with Gasteiger partial charge >= 0.3 is 29.8 Å². The molecule has 0 fully saturated rings. The number of hydrogen-bond donors (Lipinski definition) is 16. The minimum Gasteiger partial charge on any atom is -0.504 e. The summed E-state index contributed by atoms with van der Waals surface area (Å²) in [4.78, 5) is 71.3. The van der Waals surface area contributed by atoms with E-state index in [0.717, 1.165) is 0 Å². The molecule has 5 atom stereocenters. The van der Waals surface area contributed by atoms with Crippen molar-refractivity contribution < 1.29 is 129 Å². The minimum atomic E-state index is -2.81. The average Bonchev–Trinajstić information content (AvgIpc) is 3.30. The number of aromatic hydroxyl groups is 15. The Labute approximate surface area is 368 Å². The van der Waals surface area contributed by atoms with Gasteiger partial charge in [-0.25, -0.2) is 24.0 Å². The summed E-state index contributed by atoms with van der Waals surface area (Å²) in [5.41, 5.74) is -11.2. The fourth-order valence-corrected chi connectivity index (χ4v) is 7.71. The fraction of sp³-hybridized carbons (Fsp3) is 0.146. The van der Waals surface area contributed by atoms with Gasteiger partial charge in [0.2, 0.25) is 28.7 Å². The number of phenols is 15. The summed E-state index contributed by atoms with van der Waals surface area (Å²) in [5.74, 6) is -30.1. The molecule has 3 aliphatic heterocycles. The molecule has 0 saturated heterocycles. The summed E-state index contributed by atoms with van der Waals surface area (Å²) < 4.78 is 27.6. The van der Waals surface area contributed by atoms with Crippen LogP contribution in [0.1, 0.15) is 63.5 Å². The number of carbonyl (C=O) groups excluding carboxylic acids is 5. The number of rotatable bonds is 1. The number of ether oxygens (including phenoxy) is 5. The van der Waals surface area contributed by atoms with Crippen LogP contribution in [0.15, 0.2) is 30.3 Å². The second kappa shape index (κ2) is 15.3. The van der Waals surface area contributed by atoms with Gasteiger partial charge in [0, 0.05) is 27.8 Å². The highest BCUT2D eigenvalue weighted by Gasteiger charge is 2.53. The van der Waals surface area contributed by atoms with Gasteiger partial charge in [-0.1, -0.05) is 0 Å². The standard InChI is InChI=1S/C41H28O26/c42-12-1-7-18(28(52)23(12)47)20-9(3-14(44)25(49)30(20)54)39(60)65-34-17(6-63-37(7)58)64-38(59)8-2-13(43)24(48)29(53)19(8)21-10(4-15(45)26(50)31(21)55)40(61)67-36(34)35-33(57)22-11(41(62)66-35)5-16(46)27(51)32(22)56/h1-5,17,33-36,42-57H,6H2/t17-,33-,34-,35+,36+/m1/s1. The van der Waals surface area contributed by atoms with Gasteiger partial charge in [-0.05, 0) is 30.3 Å². The summed E-state index contributed by atoms with van der Waals surface area (Å²) in [6.45, 7) is -1.52. The number of carbonyl (C=O) groups is 5. The predicted molar refractivity (Wildman–Crippen MR) is 207 cm³/mol. The number of aliphatic hydroxyl groups excluding tert-OH is 1. The minimum absolute atomic E-state index is 0.330. The number of aliphatic hydroxyl groups is 1. The lowest BCUT2D eigenvalue weighted by atomic mass is 9.88. The van der Waals surface area contributed by atoms with Crippen molar-refractivity contribution in [3.05, 3.63) is 63.7 Å². The SMILES string of the molecule is O=C1OC[C@H]2OC(=O)c3cc(O)c(O)c(O)c3-c3c(cc(O)c(O)c3O)C(=O)O[C@H]([C@H]3OC(=O)c4cc(O)c(O)c(O)c4[C@H]3O)[C@@H]2OC(=O)c2cc(O)c(O)c(O)c2-c2c1cc(O)c(O)c2O. The molecule has 348 valence electrons. The highest BCUT2D eigenvalue weighted by molar-refractivity contribution is 6.10. The molecule has 0 aromatic heterocycles. The van der Waals surface area contributed by atoms with Crippen molar-refractivity contribution in [3.63, 3.8) is 0 Å². The Morgan fingerprint density at radius 1 is 0.343 bits per heavy atom. The highest BCUT2D eigenvalue weighted by atomic mass is 16.6. The van der Waals surface area contributed by atoms with Crippen LogP contribution in [0.4, 0.5) is 0 Å². The number of benzene rings is 5. The molecule has 0 radical (unpaired) electrons. The Bertz CT molecular complexity index is 3070. The molecule has 3 aliphatic rings. The number of cyclic esters (lactones) is 3. The van der Waals surface area contributed by atoms with E-state index >= 15 is 0 Å². The van der Waals surface area contributed by atoms with Crippen LogP contribution in [0, 0.1) is 0 Å². The first-order valence-corrected chi connectivity index (χ1v) is 18.6. The molecule has 8 rings (SSSR count). The maximum atomic E-state index is 14.6. The first-order valence-electron chi connectivity index (χ1n) is 18.6. The topological polar surface area (TPSA) is 455 Å². The number of hydrogen-bond acceptors (Lipinski definition) is 26. The van der Waals surface area contributed by atoms with Crippen LogP contribution in [0.3, 0.4) is 0 Å². The second-order valence-corrected chi connectivity index (χ2v) is 14.7. The first-order chi connectivity index (χ1) is 31.5. The van der Waals surface area contributed by atoms with Crippen molar-refractivity contribution >= 4 is 29.8 Å². The number of fused-ring (bicyclic) bond motifs is 8. The van der Waals surface area contributed by atoms with Crippen molar-refractivity contribution in [2.45, 2.75) is 30.5 Å². The van der Waals surface area contributed by atoms with E-state index in [2.05, 4.69) is 0 Å². The van der Waals surface area contributed by atoms with Crippen LogP contribution in [-0.2, 0) is 23.7 Å². The molecular weight excluding hydrogens is 908 g/mol. The lowest BCUT2D eigenvalue weighted by Crippen LogP contribution is -2.55. The molecule has 0 saturated carbocycles. The summed E-state index contributed by atoms with van der Waals surface area (Å²) >= 11 is 0. The van der Waals surface area contributed by atoms with Crippen molar-refractivity contribution in [1.82, 2.24) is 0 Å².